The van der Waals surface area contributed by atoms with E-state index in [1.165, 1.54) is 12.3 Å². The average molecular weight is 403 g/mol. The first-order valence-electron chi connectivity index (χ1n) is 9.16. The number of benzene rings is 1. The van der Waals surface area contributed by atoms with Crippen molar-refractivity contribution in [3.63, 3.8) is 0 Å². The first kappa shape index (κ1) is 18.8. The van der Waals surface area contributed by atoms with Crippen molar-refractivity contribution in [3.05, 3.63) is 58.8 Å². The molecule has 1 aliphatic rings. The first-order chi connectivity index (χ1) is 13.5. The fraction of sp³-hybridized carbons (Fsp3) is 0.350. The molecule has 6 nitrogen and oxygen atoms in total. The highest BCUT2D eigenvalue weighted by Crippen LogP contribution is 2.25. The number of carbonyl (C=O) groups is 1. The summed E-state index contributed by atoms with van der Waals surface area (Å²) < 4.78 is 19.2. The van der Waals surface area contributed by atoms with Crippen LogP contribution in [0.1, 0.15) is 28.9 Å². The second-order valence-electron chi connectivity index (χ2n) is 7.06. The first-order valence-corrected chi connectivity index (χ1v) is 9.53. The van der Waals surface area contributed by atoms with Gasteiger partial charge in [-0.1, -0.05) is 16.8 Å². The molecule has 2 aromatic heterocycles. The lowest BCUT2D eigenvalue weighted by atomic mass is 10.0. The number of hydrogen-bond donors (Lipinski definition) is 0. The molecule has 1 fully saturated rings. The molecule has 1 aliphatic heterocycles. The maximum absolute atomic E-state index is 13.8. The van der Waals surface area contributed by atoms with E-state index in [-0.39, 0.29) is 11.5 Å². The molecule has 3 heterocycles. The van der Waals surface area contributed by atoms with Crippen LogP contribution in [0, 0.1) is 5.82 Å². The van der Waals surface area contributed by atoms with Crippen molar-refractivity contribution >= 4 is 28.5 Å². The van der Waals surface area contributed by atoms with Crippen LogP contribution in [-0.4, -0.2) is 52.0 Å². The SMILES string of the molecule is CN(Cc1noc2ccc(Cl)cc12)C1CCN(C(=O)c2ccncc2F)CC1. The van der Waals surface area contributed by atoms with Gasteiger partial charge in [-0.15, -0.1) is 0 Å². The van der Waals surface area contributed by atoms with E-state index in [1.54, 1.807) is 11.0 Å². The monoisotopic (exact) mass is 402 g/mol. The summed E-state index contributed by atoms with van der Waals surface area (Å²) in [6.45, 7) is 1.80. The van der Waals surface area contributed by atoms with Gasteiger partial charge in [0.25, 0.3) is 5.91 Å². The van der Waals surface area contributed by atoms with Crippen LogP contribution >= 0.6 is 11.6 Å². The zero-order valence-electron chi connectivity index (χ0n) is 15.4. The Morgan fingerprint density at radius 1 is 1.36 bits per heavy atom. The molecule has 0 unspecified atom stereocenters. The van der Waals surface area contributed by atoms with Gasteiger partial charge in [-0.25, -0.2) is 4.39 Å². The highest BCUT2D eigenvalue weighted by Gasteiger charge is 2.27. The molecule has 1 amide bonds. The number of carbonyl (C=O) groups excluding carboxylic acids is 1. The zero-order chi connectivity index (χ0) is 19.7. The molecule has 0 saturated carbocycles. The van der Waals surface area contributed by atoms with Gasteiger partial charge in [0.15, 0.2) is 11.4 Å². The molecule has 0 spiro atoms. The van der Waals surface area contributed by atoms with E-state index in [0.717, 1.165) is 30.1 Å². The van der Waals surface area contributed by atoms with Gasteiger partial charge in [-0.2, -0.15) is 0 Å². The number of hydrogen-bond acceptors (Lipinski definition) is 5. The van der Waals surface area contributed by atoms with Crippen LogP contribution in [0.15, 0.2) is 41.2 Å². The van der Waals surface area contributed by atoms with Crippen molar-refractivity contribution in [3.8, 4) is 0 Å². The normalized spacial score (nSPS) is 15.5. The van der Waals surface area contributed by atoms with E-state index < -0.39 is 5.82 Å². The van der Waals surface area contributed by atoms with E-state index in [0.29, 0.717) is 36.3 Å². The molecule has 1 aromatic carbocycles. The second kappa shape index (κ2) is 7.85. The quantitative estimate of drug-likeness (QED) is 0.665. The molecule has 1 saturated heterocycles. The minimum Gasteiger partial charge on any atom is -0.356 e. The topological polar surface area (TPSA) is 62.5 Å². The van der Waals surface area contributed by atoms with Crippen molar-refractivity contribution in [1.29, 1.82) is 0 Å². The van der Waals surface area contributed by atoms with Gasteiger partial charge in [0.1, 0.15) is 5.69 Å². The van der Waals surface area contributed by atoms with E-state index in [1.807, 2.05) is 19.2 Å². The number of piperidine rings is 1. The summed E-state index contributed by atoms with van der Waals surface area (Å²) in [6.07, 6.45) is 4.13. The van der Waals surface area contributed by atoms with Crippen molar-refractivity contribution < 1.29 is 13.7 Å². The summed E-state index contributed by atoms with van der Waals surface area (Å²) in [4.78, 5) is 20.2. The summed E-state index contributed by atoms with van der Waals surface area (Å²) in [5.74, 6) is -0.860. The summed E-state index contributed by atoms with van der Waals surface area (Å²) >= 11 is 6.09. The molecule has 0 atom stereocenters. The fourth-order valence-corrected chi connectivity index (χ4v) is 3.84. The molecule has 4 rings (SSSR count). The van der Waals surface area contributed by atoms with Crippen LogP contribution < -0.4 is 0 Å². The number of pyridine rings is 1. The number of nitrogens with zero attached hydrogens (tertiary/aromatic N) is 4. The maximum atomic E-state index is 13.8. The summed E-state index contributed by atoms with van der Waals surface area (Å²) in [7, 11) is 2.04. The van der Waals surface area contributed by atoms with Crippen LogP contribution in [0.4, 0.5) is 4.39 Å². The Labute approximate surface area is 166 Å². The van der Waals surface area contributed by atoms with Crippen LogP contribution in [0.3, 0.4) is 0 Å². The Hall–Kier alpha value is -2.51. The van der Waals surface area contributed by atoms with E-state index in [9.17, 15) is 9.18 Å². The molecule has 0 aliphatic carbocycles. The van der Waals surface area contributed by atoms with Gasteiger partial charge >= 0.3 is 0 Å². The predicted molar refractivity (Wildman–Crippen MR) is 104 cm³/mol. The van der Waals surface area contributed by atoms with Gasteiger partial charge in [-0.3, -0.25) is 14.7 Å². The van der Waals surface area contributed by atoms with Gasteiger partial charge in [0, 0.05) is 42.3 Å². The molecule has 28 heavy (non-hydrogen) atoms. The Balaban J connectivity index is 1.38. The lowest BCUT2D eigenvalue weighted by molar-refractivity contribution is 0.0633. The van der Waals surface area contributed by atoms with Crippen molar-refractivity contribution in [2.75, 3.05) is 20.1 Å². The summed E-state index contributed by atoms with van der Waals surface area (Å²) in [5.41, 5.74) is 1.64. The molecule has 3 aromatic rings. The number of amides is 1. The number of aromatic nitrogens is 2. The number of rotatable bonds is 4. The van der Waals surface area contributed by atoms with Crippen LogP contribution in [-0.2, 0) is 6.54 Å². The summed E-state index contributed by atoms with van der Waals surface area (Å²) in [6, 6.07) is 7.19. The minimum atomic E-state index is -0.580. The third kappa shape index (κ3) is 3.72. The number of fused-ring (bicyclic) bond motifs is 1. The fourth-order valence-electron chi connectivity index (χ4n) is 3.67. The number of likely N-dealkylation sites (tertiary alicyclic amines) is 1. The van der Waals surface area contributed by atoms with Gasteiger partial charge in [0.2, 0.25) is 0 Å². The average Bonchev–Trinajstić information content (AvgIpc) is 3.10. The lowest BCUT2D eigenvalue weighted by Crippen LogP contribution is -2.45. The molecule has 0 bridgehead atoms. The Morgan fingerprint density at radius 2 is 2.14 bits per heavy atom. The second-order valence-corrected chi connectivity index (χ2v) is 7.50. The van der Waals surface area contributed by atoms with Crippen LogP contribution in [0.25, 0.3) is 11.0 Å². The van der Waals surface area contributed by atoms with Crippen molar-refractivity contribution in [1.82, 2.24) is 19.9 Å². The maximum Gasteiger partial charge on any atom is 0.256 e. The largest absolute Gasteiger partial charge is 0.356 e. The smallest absolute Gasteiger partial charge is 0.256 e. The minimum absolute atomic E-state index is 0.0766. The molecule has 0 N–H and O–H groups in total. The van der Waals surface area contributed by atoms with Crippen LogP contribution in [0.2, 0.25) is 5.02 Å². The molecular weight excluding hydrogens is 383 g/mol. The van der Waals surface area contributed by atoms with E-state index in [2.05, 4.69) is 15.0 Å². The zero-order valence-corrected chi connectivity index (χ0v) is 16.2. The van der Waals surface area contributed by atoms with E-state index >= 15 is 0 Å². The number of halogens is 2. The van der Waals surface area contributed by atoms with Gasteiger partial charge in [0.05, 0.1) is 11.8 Å². The third-order valence-corrected chi connectivity index (χ3v) is 5.52. The predicted octanol–water partition coefficient (Wildman–Crippen LogP) is 3.75. The van der Waals surface area contributed by atoms with Gasteiger partial charge < -0.3 is 9.42 Å². The van der Waals surface area contributed by atoms with E-state index in [4.69, 9.17) is 16.1 Å². The lowest BCUT2D eigenvalue weighted by Gasteiger charge is -2.36. The Bertz CT molecular complexity index is 1000. The standard InChI is InChI=1S/C20H20ClFN4O2/c1-25(12-18-16-10-13(21)2-3-19(16)28-24-18)14-5-8-26(9-6-14)20(27)15-4-7-23-11-17(15)22/h2-4,7,10-11,14H,5-6,8-9,12H2,1H3. The van der Waals surface area contributed by atoms with Gasteiger partial charge in [-0.05, 0) is 44.2 Å². The van der Waals surface area contributed by atoms with Crippen molar-refractivity contribution in [2.24, 2.45) is 0 Å². The summed E-state index contributed by atoms with van der Waals surface area (Å²) in [5, 5.41) is 5.74. The third-order valence-electron chi connectivity index (χ3n) is 5.28. The molecular formula is C20H20ClFN4O2. The molecule has 0 radical (unpaired) electrons. The van der Waals surface area contributed by atoms with Crippen LogP contribution in [0.5, 0.6) is 0 Å². The Morgan fingerprint density at radius 3 is 2.89 bits per heavy atom. The Kier molecular flexibility index (Phi) is 5.28. The highest BCUT2D eigenvalue weighted by atomic mass is 35.5. The molecule has 8 heteroatoms. The highest BCUT2D eigenvalue weighted by molar-refractivity contribution is 6.31. The molecule has 146 valence electrons. The van der Waals surface area contributed by atoms with Crippen molar-refractivity contribution in [2.45, 2.75) is 25.4 Å².